The predicted octanol–water partition coefficient (Wildman–Crippen LogP) is 2.09. The van der Waals surface area contributed by atoms with Gasteiger partial charge in [0.2, 0.25) is 17.7 Å². The van der Waals surface area contributed by atoms with Crippen LogP contribution in [0.5, 0.6) is 0 Å². The molecule has 2 saturated carbocycles. The van der Waals surface area contributed by atoms with Crippen LogP contribution in [0.15, 0.2) is 8.94 Å². The lowest BCUT2D eigenvalue weighted by molar-refractivity contribution is 0.0795. The van der Waals surface area contributed by atoms with Gasteiger partial charge in [0.25, 0.3) is 0 Å². The highest BCUT2D eigenvalue weighted by atomic mass is 16.5. The summed E-state index contributed by atoms with van der Waals surface area (Å²) in [6.07, 6.45) is 4.78. The summed E-state index contributed by atoms with van der Waals surface area (Å²) in [6.45, 7) is 6.82. The minimum absolute atomic E-state index is 0.173. The first-order chi connectivity index (χ1) is 12.3. The summed E-state index contributed by atoms with van der Waals surface area (Å²) in [6, 6.07) is 0.173. The Morgan fingerprint density at radius 3 is 2.52 bits per heavy atom. The average molecular weight is 344 g/mol. The van der Waals surface area contributed by atoms with Crippen molar-refractivity contribution in [1.82, 2.24) is 30.1 Å². The Bertz CT molecular complexity index is 727. The Kier molecular flexibility index (Phi) is 3.82. The topological polar surface area (TPSA) is 84.3 Å². The molecule has 1 atom stereocenters. The van der Waals surface area contributed by atoms with E-state index in [1.165, 1.54) is 25.7 Å². The van der Waals surface area contributed by atoms with Crippen molar-refractivity contribution in [1.29, 1.82) is 0 Å². The molecule has 0 unspecified atom stereocenters. The largest absolute Gasteiger partial charge is 0.424 e. The fourth-order valence-corrected chi connectivity index (χ4v) is 3.41. The Hall–Kier alpha value is -1.80. The van der Waals surface area contributed by atoms with Crippen molar-refractivity contribution in [3.63, 3.8) is 0 Å². The Labute approximate surface area is 146 Å². The molecule has 25 heavy (non-hydrogen) atoms. The molecule has 0 bridgehead atoms. The first kappa shape index (κ1) is 15.5. The van der Waals surface area contributed by atoms with E-state index < -0.39 is 0 Å². The molecule has 1 aliphatic heterocycles. The second-order valence-corrected chi connectivity index (χ2v) is 7.56. The van der Waals surface area contributed by atoms with Crippen LogP contribution < -0.4 is 0 Å². The minimum atomic E-state index is 0.173. The van der Waals surface area contributed by atoms with E-state index >= 15 is 0 Å². The maximum Gasteiger partial charge on any atom is 0.243 e. The lowest BCUT2D eigenvalue weighted by atomic mass is 10.2. The van der Waals surface area contributed by atoms with Crippen LogP contribution in [0.25, 0.3) is 0 Å². The summed E-state index contributed by atoms with van der Waals surface area (Å²) >= 11 is 0. The first-order valence-electron chi connectivity index (χ1n) is 9.38. The first-order valence-corrected chi connectivity index (χ1v) is 9.38. The lowest BCUT2D eigenvalue weighted by Crippen LogP contribution is -2.46. The zero-order valence-corrected chi connectivity index (χ0v) is 14.6. The van der Waals surface area contributed by atoms with Gasteiger partial charge in [-0.25, -0.2) is 0 Å². The van der Waals surface area contributed by atoms with Crippen LogP contribution in [-0.4, -0.2) is 56.3 Å². The molecule has 0 N–H and O–H groups in total. The SMILES string of the molecule is C[C@@H](c1nc(C2CC2)no1)N1CCN(Cc2nnc(C3CC3)o2)CC1. The van der Waals surface area contributed by atoms with Crippen molar-refractivity contribution >= 4 is 0 Å². The van der Waals surface area contributed by atoms with Gasteiger partial charge in [-0.05, 0) is 32.6 Å². The van der Waals surface area contributed by atoms with Gasteiger partial charge < -0.3 is 8.94 Å². The van der Waals surface area contributed by atoms with E-state index in [1.807, 2.05) is 0 Å². The summed E-state index contributed by atoms with van der Waals surface area (Å²) in [5.74, 6) is 4.27. The normalized spacial score (nSPS) is 23.9. The highest BCUT2D eigenvalue weighted by Gasteiger charge is 2.32. The van der Waals surface area contributed by atoms with Gasteiger partial charge in [0.15, 0.2) is 5.82 Å². The van der Waals surface area contributed by atoms with E-state index in [0.717, 1.165) is 56.2 Å². The third-order valence-corrected chi connectivity index (χ3v) is 5.48. The molecular formula is C17H24N6O2. The molecule has 2 aromatic rings. The Morgan fingerprint density at radius 1 is 1.04 bits per heavy atom. The molecule has 3 fully saturated rings. The second-order valence-electron chi connectivity index (χ2n) is 7.56. The molecule has 8 heteroatoms. The number of piperazine rings is 1. The van der Waals surface area contributed by atoms with E-state index in [-0.39, 0.29) is 6.04 Å². The van der Waals surface area contributed by atoms with Gasteiger partial charge in [-0.1, -0.05) is 5.16 Å². The van der Waals surface area contributed by atoms with Gasteiger partial charge >= 0.3 is 0 Å². The highest BCUT2D eigenvalue weighted by molar-refractivity contribution is 5.05. The number of rotatable bonds is 6. The maximum absolute atomic E-state index is 5.77. The monoisotopic (exact) mass is 344 g/mol. The van der Waals surface area contributed by atoms with Crippen LogP contribution in [0.3, 0.4) is 0 Å². The number of hydrogen-bond acceptors (Lipinski definition) is 8. The molecule has 8 nitrogen and oxygen atoms in total. The van der Waals surface area contributed by atoms with Gasteiger partial charge in [0, 0.05) is 38.0 Å². The molecule has 3 heterocycles. The third kappa shape index (κ3) is 3.32. The summed E-state index contributed by atoms with van der Waals surface area (Å²) in [5.41, 5.74) is 0. The summed E-state index contributed by atoms with van der Waals surface area (Å²) in [4.78, 5) is 9.37. The Balaban J connectivity index is 1.14. The number of hydrogen-bond donors (Lipinski definition) is 0. The molecule has 2 aromatic heterocycles. The van der Waals surface area contributed by atoms with Crippen molar-refractivity contribution in [2.24, 2.45) is 0 Å². The van der Waals surface area contributed by atoms with Crippen molar-refractivity contribution in [3.05, 3.63) is 23.5 Å². The zero-order valence-electron chi connectivity index (χ0n) is 14.6. The molecule has 0 amide bonds. The molecule has 0 spiro atoms. The highest BCUT2D eigenvalue weighted by Crippen LogP contribution is 2.39. The standard InChI is InChI=1S/C17H24N6O2/c1-11(16-18-15(21-25-16)12-2-3-12)23-8-6-22(7-9-23)10-14-19-20-17(24-14)13-4-5-13/h11-13H,2-10H2,1H3/t11-/m0/s1. The van der Waals surface area contributed by atoms with Crippen LogP contribution in [-0.2, 0) is 6.54 Å². The summed E-state index contributed by atoms with van der Waals surface area (Å²) in [5, 5.41) is 12.5. The smallest absolute Gasteiger partial charge is 0.243 e. The van der Waals surface area contributed by atoms with Crippen LogP contribution >= 0.6 is 0 Å². The molecule has 0 radical (unpaired) electrons. The molecule has 2 aliphatic carbocycles. The van der Waals surface area contributed by atoms with E-state index in [0.29, 0.717) is 11.8 Å². The van der Waals surface area contributed by atoms with Crippen LogP contribution in [0.4, 0.5) is 0 Å². The lowest BCUT2D eigenvalue weighted by Gasteiger charge is -2.36. The van der Waals surface area contributed by atoms with Crippen LogP contribution in [0, 0.1) is 0 Å². The van der Waals surface area contributed by atoms with E-state index in [2.05, 4.69) is 37.1 Å². The van der Waals surface area contributed by atoms with E-state index in [9.17, 15) is 0 Å². The molecule has 5 rings (SSSR count). The van der Waals surface area contributed by atoms with Gasteiger partial charge in [0.1, 0.15) is 0 Å². The molecular weight excluding hydrogens is 320 g/mol. The van der Waals surface area contributed by atoms with Crippen molar-refractivity contribution in [2.75, 3.05) is 26.2 Å². The van der Waals surface area contributed by atoms with E-state index in [4.69, 9.17) is 8.94 Å². The van der Waals surface area contributed by atoms with Crippen LogP contribution in [0.1, 0.15) is 74.0 Å². The fourth-order valence-electron chi connectivity index (χ4n) is 3.41. The quantitative estimate of drug-likeness (QED) is 0.787. The van der Waals surface area contributed by atoms with E-state index in [1.54, 1.807) is 0 Å². The Morgan fingerprint density at radius 2 is 1.80 bits per heavy atom. The number of nitrogens with zero attached hydrogens (tertiary/aromatic N) is 6. The second kappa shape index (κ2) is 6.17. The fraction of sp³-hybridized carbons (Fsp3) is 0.765. The molecule has 1 saturated heterocycles. The average Bonchev–Trinajstić information content (AvgIpc) is 3.57. The van der Waals surface area contributed by atoms with Crippen LogP contribution in [0.2, 0.25) is 0 Å². The van der Waals surface area contributed by atoms with Crippen molar-refractivity contribution < 1.29 is 8.94 Å². The molecule has 0 aromatic carbocycles. The zero-order chi connectivity index (χ0) is 16.8. The molecule has 3 aliphatic rings. The number of aromatic nitrogens is 4. The van der Waals surface area contributed by atoms with Gasteiger partial charge in [-0.3, -0.25) is 9.80 Å². The van der Waals surface area contributed by atoms with Gasteiger partial charge in [-0.2, -0.15) is 4.98 Å². The minimum Gasteiger partial charge on any atom is -0.424 e. The van der Waals surface area contributed by atoms with Gasteiger partial charge in [-0.15, -0.1) is 10.2 Å². The summed E-state index contributed by atoms with van der Waals surface area (Å²) < 4.78 is 11.3. The van der Waals surface area contributed by atoms with Gasteiger partial charge in [0.05, 0.1) is 12.6 Å². The molecule has 134 valence electrons. The maximum atomic E-state index is 5.77. The third-order valence-electron chi connectivity index (χ3n) is 5.48. The predicted molar refractivity (Wildman–Crippen MR) is 87.8 cm³/mol. The van der Waals surface area contributed by atoms with Crippen molar-refractivity contribution in [2.45, 2.75) is 57.0 Å². The van der Waals surface area contributed by atoms with Crippen molar-refractivity contribution in [3.8, 4) is 0 Å². The summed E-state index contributed by atoms with van der Waals surface area (Å²) in [7, 11) is 0.